The normalized spacial score (nSPS) is 11.2. The Morgan fingerprint density at radius 2 is 1.74 bits per heavy atom. The smallest absolute Gasteiger partial charge is 0.161 e. The Balaban J connectivity index is 1.95. The van der Waals surface area contributed by atoms with Crippen LogP contribution in [0.3, 0.4) is 0 Å². The molecule has 2 aromatic carbocycles. The number of rotatable bonds is 5. The summed E-state index contributed by atoms with van der Waals surface area (Å²) in [7, 11) is 1.66. The third-order valence-corrected chi connectivity index (χ3v) is 4.04. The first-order chi connectivity index (χ1) is 11.1. The lowest BCUT2D eigenvalue weighted by Gasteiger charge is -2.16. The van der Waals surface area contributed by atoms with E-state index in [1.54, 1.807) is 7.11 Å². The van der Waals surface area contributed by atoms with Crippen LogP contribution in [0.2, 0.25) is 0 Å². The van der Waals surface area contributed by atoms with Crippen LogP contribution in [0.15, 0.2) is 48.5 Å². The van der Waals surface area contributed by atoms with Gasteiger partial charge in [-0.3, -0.25) is 0 Å². The standard InChI is InChI=1S/C20H23NO2/c1-14(2)21-17(12-16-10-9-15(3)11-18(16)21)13-23-20-8-6-5-7-19(20)22-4/h5-12,14H,13H2,1-4H3. The van der Waals surface area contributed by atoms with Crippen molar-refractivity contribution in [3.8, 4) is 11.5 Å². The number of nitrogens with zero attached hydrogens (tertiary/aromatic N) is 1. The lowest BCUT2D eigenvalue weighted by Crippen LogP contribution is -2.08. The van der Waals surface area contributed by atoms with E-state index in [9.17, 15) is 0 Å². The predicted octanol–water partition coefficient (Wildman–Crippen LogP) is 5.12. The SMILES string of the molecule is COc1ccccc1OCc1cc2ccc(C)cc2n1C(C)C. The minimum absolute atomic E-state index is 0.380. The van der Waals surface area contributed by atoms with E-state index in [1.165, 1.54) is 22.2 Å². The van der Waals surface area contributed by atoms with Crippen LogP contribution in [0.25, 0.3) is 10.9 Å². The molecule has 0 amide bonds. The van der Waals surface area contributed by atoms with Gasteiger partial charge in [0, 0.05) is 16.9 Å². The first kappa shape index (κ1) is 15.5. The number of fused-ring (bicyclic) bond motifs is 1. The van der Waals surface area contributed by atoms with E-state index >= 15 is 0 Å². The second-order valence-corrected chi connectivity index (χ2v) is 6.10. The van der Waals surface area contributed by atoms with Gasteiger partial charge in [0.25, 0.3) is 0 Å². The molecule has 0 saturated carbocycles. The number of methoxy groups -OCH3 is 1. The fourth-order valence-electron chi connectivity index (χ4n) is 3.00. The van der Waals surface area contributed by atoms with Gasteiger partial charge in [-0.1, -0.05) is 24.3 Å². The second kappa shape index (κ2) is 6.37. The summed E-state index contributed by atoms with van der Waals surface area (Å²) < 4.78 is 13.7. The highest BCUT2D eigenvalue weighted by Gasteiger charge is 2.13. The molecule has 0 aliphatic carbocycles. The van der Waals surface area contributed by atoms with Crippen molar-refractivity contribution in [3.63, 3.8) is 0 Å². The molecule has 1 heterocycles. The van der Waals surface area contributed by atoms with Gasteiger partial charge in [-0.2, -0.15) is 0 Å². The molecule has 0 radical (unpaired) electrons. The van der Waals surface area contributed by atoms with Gasteiger partial charge in [0.05, 0.1) is 12.8 Å². The minimum atomic E-state index is 0.380. The van der Waals surface area contributed by atoms with Crippen LogP contribution in [-0.4, -0.2) is 11.7 Å². The highest BCUT2D eigenvalue weighted by atomic mass is 16.5. The Bertz CT molecular complexity index is 818. The molecular weight excluding hydrogens is 286 g/mol. The van der Waals surface area contributed by atoms with Gasteiger partial charge < -0.3 is 14.0 Å². The van der Waals surface area contributed by atoms with Gasteiger partial charge in [-0.15, -0.1) is 0 Å². The van der Waals surface area contributed by atoms with Crippen molar-refractivity contribution in [2.75, 3.05) is 7.11 Å². The van der Waals surface area contributed by atoms with Crippen molar-refractivity contribution in [1.29, 1.82) is 0 Å². The average Bonchev–Trinajstić information content (AvgIpc) is 2.90. The molecule has 0 spiro atoms. The molecule has 0 fully saturated rings. The van der Waals surface area contributed by atoms with Crippen LogP contribution in [0.4, 0.5) is 0 Å². The molecule has 3 nitrogen and oxygen atoms in total. The van der Waals surface area contributed by atoms with Gasteiger partial charge >= 0.3 is 0 Å². The summed E-state index contributed by atoms with van der Waals surface area (Å²) in [6, 6.07) is 16.9. The Morgan fingerprint density at radius 1 is 1.00 bits per heavy atom. The molecule has 0 aliphatic heterocycles. The Morgan fingerprint density at radius 3 is 2.43 bits per heavy atom. The average molecular weight is 309 g/mol. The molecule has 0 bridgehead atoms. The molecule has 1 aromatic heterocycles. The number of aromatic nitrogens is 1. The first-order valence-corrected chi connectivity index (χ1v) is 7.96. The number of hydrogen-bond donors (Lipinski definition) is 0. The quantitative estimate of drug-likeness (QED) is 0.653. The van der Waals surface area contributed by atoms with E-state index < -0.39 is 0 Å². The fourth-order valence-corrected chi connectivity index (χ4v) is 3.00. The van der Waals surface area contributed by atoms with E-state index in [1.807, 2.05) is 24.3 Å². The summed E-state index contributed by atoms with van der Waals surface area (Å²) >= 11 is 0. The number of ether oxygens (including phenoxy) is 2. The van der Waals surface area contributed by atoms with E-state index in [-0.39, 0.29) is 0 Å². The molecule has 0 unspecified atom stereocenters. The highest BCUT2D eigenvalue weighted by molar-refractivity contribution is 5.82. The van der Waals surface area contributed by atoms with Gasteiger partial charge in [-0.05, 0) is 50.6 Å². The highest BCUT2D eigenvalue weighted by Crippen LogP contribution is 2.29. The third kappa shape index (κ3) is 3.04. The van der Waals surface area contributed by atoms with E-state index in [0.29, 0.717) is 12.6 Å². The van der Waals surface area contributed by atoms with Gasteiger partial charge in [0.2, 0.25) is 0 Å². The van der Waals surface area contributed by atoms with Crippen molar-refractivity contribution in [2.45, 2.75) is 33.4 Å². The van der Waals surface area contributed by atoms with Crippen molar-refractivity contribution < 1.29 is 9.47 Å². The maximum Gasteiger partial charge on any atom is 0.161 e. The fraction of sp³-hybridized carbons (Fsp3) is 0.300. The predicted molar refractivity (Wildman–Crippen MR) is 94.4 cm³/mol. The molecule has 0 atom stereocenters. The summed E-state index contributed by atoms with van der Waals surface area (Å²) in [5.41, 5.74) is 3.71. The van der Waals surface area contributed by atoms with E-state index in [2.05, 4.69) is 49.6 Å². The molecule has 3 rings (SSSR count). The van der Waals surface area contributed by atoms with Gasteiger partial charge in [0.15, 0.2) is 11.5 Å². The van der Waals surface area contributed by atoms with E-state index in [0.717, 1.165) is 11.5 Å². The van der Waals surface area contributed by atoms with E-state index in [4.69, 9.17) is 9.47 Å². The zero-order valence-corrected chi connectivity index (χ0v) is 14.2. The summed E-state index contributed by atoms with van der Waals surface area (Å²) in [6.07, 6.45) is 0. The lowest BCUT2D eigenvalue weighted by molar-refractivity contribution is 0.274. The number of hydrogen-bond acceptors (Lipinski definition) is 2. The Labute approximate surface area is 137 Å². The topological polar surface area (TPSA) is 23.4 Å². The Kier molecular flexibility index (Phi) is 4.28. The van der Waals surface area contributed by atoms with Crippen molar-refractivity contribution >= 4 is 10.9 Å². The van der Waals surface area contributed by atoms with Crippen LogP contribution in [0, 0.1) is 6.92 Å². The van der Waals surface area contributed by atoms with Crippen molar-refractivity contribution in [2.24, 2.45) is 0 Å². The molecule has 3 aromatic rings. The minimum Gasteiger partial charge on any atom is -0.493 e. The summed E-state index contributed by atoms with van der Waals surface area (Å²) in [5.74, 6) is 1.53. The zero-order chi connectivity index (χ0) is 16.4. The molecule has 0 saturated heterocycles. The maximum atomic E-state index is 6.02. The van der Waals surface area contributed by atoms with Crippen molar-refractivity contribution in [3.05, 3.63) is 59.8 Å². The molecule has 120 valence electrons. The van der Waals surface area contributed by atoms with Crippen LogP contribution in [0.1, 0.15) is 31.1 Å². The largest absolute Gasteiger partial charge is 0.493 e. The lowest BCUT2D eigenvalue weighted by atomic mass is 10.2. The zero-order valence-electron chi connectivity index (χ0n) is 14.2. The first-order valence-electron chi connectivity index (χ1n) is 7.96. The van der Waals surface area contributed by atoms with Crippen LogP contribution in [-0.2, 0) is 6.61 Å². The van der Waals surface area contributed by atoms with Crippen LogP contribution >= 0.6 is 0 Å². The summed E-state index contributed by atoms with van der Waals surface area (Å²) in [5, 5.41) is 1.25. The van der Waals surface area contributed by atoms with Gasteiger partial charge in [0.1, 0.15) is 6.61 Å². The monoisotopic (exact) mass is 309 g/mol. The van der Waals surface area contributed by atoms with Crippen LogP contribution < -0.4 is 9.47 Å². The molecule has 0 N–H and O–H groups in total. The molecule has 23 heavy (non-hydrogen) atoms. The molecule has 0 aliphatic rings. The van der Waals surface area contributed by atoms with Crippen molar-refractivity contribution in [1.82, 2.24) is 4.57 Å². The number of para-hydroxylation sites is 2. The van der Waals surface area contributed by atoms with Crippen LogP contribution in [0.5, 0.6) is 11.5 Å². The summed E-state index contributed by atoms with van der Waals surface area (Å²) in [4.78, 5) is 0. The molecule has 3 heteroatoms. The third-order valence-electron chi connectivity index (χ3n) is 4.04. The maximum absolute atomic E-state index is 6.02. The Hall–Kier alpha value is -2.42. The number of benzene rings is 2. The molecular formula is C20H23NO2. The van der Waals surface area contributed by atoms with Gasteiger partial charge in [-0.25, -0.2) is 0 Å². The second-order valence-electron chi connectivity index (χ2n) is 6.10. The number of aryl methyl sites for hydroxylation is 1. The summed E-state index contributed by atoms with van der Waals surface area (Å²) in [6.45, 7) is 7.05.